The van der Waals surface area contributed by atoms with Gasteiger partial charge in [0.2, 0.25) is 26.0 Å². The number of nitrogens with one attached hydrogen (secondary N) is 2. The van der Waals surface area contributed by atoms with E-state index in [0.717, 1.165) is 16.1 Å². The van der Waals surface area contributed by atoms with Crippen molar-refractivity contribution >= 4 is 37.3 Å². The summed E-state index contributed by atoms with van der Waals surface area (Å²) >= 11 is 0. The number of rotatable bonds is 8. The number of sulfonamides is 2. The minimum Gasteiger partial charge on any atom is -0.326 e. The van der Waals surface area contributed by atoms with Crippen LogP contribution in [0.5, 0.6) is 0 Å². The van der Waals surface area contributed by atoms with E-state index in [2.05, 4.69) is 10.0 Å². The zero-order valence-corrected chi connectivity index (χ0v) is 19.3. The van der Waals surface area contributed by atoms with Gasteiger partial charge in [-0.1, -0.05) is 18.2 Å². The molecule has 0 saturated carbocycles. The first-order chi connectivity index (χ1) is 13.8. The van der Waals surface area contributed by atoms with Gasteiger partial charge in [-0.15, -0.1) is 0 Å². The summed E-state index contributed by atoms with van der Waals surface area (Å²) in [6.45, 7) is 5.08. The number of carbonyl (C=O) groups excluding carboxylic acids is 1. The Morgan fingerprint density at radius 2 is 1.70 bits per heavy atom. The van der Waals surface area contributed by atoms with Crippen molar-refractivity contribution in [1.82, 2.24) is 4.72 Å². The van der Waals surface area contributed by atoms with Crippen LogP contribution < -0.4 is 14.3 Å². The predicted molar refractivity (Wildman–Crippen MR) is 119 cm³/mol. The van der Waals surface area contributed by atoms with E-state index in [-0.39, 0.29) is 23.8 Å². The van der Waals surface area contributed by atoms with Crippen LogP contribution in [-0.2, 0) is 24.8 Å². The fourth-order valence-electron chi connectivity index (χ4n) is 3.08. The molecule has 0 bridgehead atoms. The molecule has 0 aromatic heterocycles. The van der Waals surface area contributed by atoms with E-state index in [1.807, 2.05) is 25.1 Å². The molecule has 0 aliphatic rings. The summed E-state index contributed by atoms with van der Waals surface area (Å²) in [5, 5.41) is 2.72. The molecule has 2 N–H and O–H groups in total. The van der Waals surface area contributed by atoms with Crippen LogP contribution in [-0.4, -0.2) is 42.6 Å². The van der Waals surface area contributed by atoms with Gasteiger partial charge in [-0.3, -0.25) is 9.10 Å². The van der Waals surface area contributed by atoms with Crippen LogP contribution in [0.3, 0.4) is 0 Å². The van der Waals surface area contributed by atoms with Gasteiger partial charge in [0.15, 0.2) is 0 Å². The standard InChI is InChI=1S/C20H27N3O5S2/c1-14-7-6-8-17(13-14)22-19(24)11-12-21-30(27,28)18-10-9-15(2)20(16(18)3)23(4)29(5,25)26/h6-10,13,21H,11-12H2,1-5H3,(H,22,24). The third-order valence-electron chi connectivity index (χ3n) is 4.63. The van der Waals surface area contributed by atoms with E-state index in [1.165, 1.54) is 13.1 Å². The minimum atomic E-state index is -3.94. The molecule has 0 atom stereocenters. The highest BCUT2D eigenvalue weighted by Gasteiger charge is 2.24. The maximum Gasteiger partial charge on any atom is 0.240 e. The molecule has 10 heteroatoms. The van der Waals surface area contributed by atoms with Crippen molar-refractivity contribution in [3.63, 3.8) is 0 Å². The average Bonchev–Trinajstić information content (AvgIpc) is 2.60. The van der Waals surface area contributed by atoms with E-state index >= 15 is 0 Å². The van der Waals surface area contributed by atoms with Gasteiger partial charge in [0.25, 0.3) is 0 Å². The lowest BCUT2D eigenvalue weighted by Gasteiger charge is -2.23. The summed E-state index contributed by atoms with van der Waals surface area (Å²) in [6, 6.07) is 10.3. The first kappa shape index (κ1) is 23.8. The molecule has 2 aromatic carbocycles. The molecule has 0 heterocycles. The fraction of sp³-hybridized carbons (Fsp3) is 0.350. The van der Waals surface area contributed by atoms with Crippen molar-refractivity contribution in [2.75, 3.05) is 29.5 Å². The van der Waals surface area contributed by atoms with Gasteiger partial charge in [-0.05, 0) is 55.7 Å². The van der Waals surface area contributed by atoms with Crippen LogP contribution in [0.4, 0.5) is 11.4 Å². The van der Waals surface area contributed by atoms with Gasteiger partial charge >= 0.3 is 0 Å². The second kappa shape index (κ2) is 9.15. The van der Waals surface area contributed by atoms with E-state index in [1.54, 1.807) is 26.0 Å². The van der Waals surface area contributed by atoms with Crippen molar-refractivity contribution in [3.8, 4) is 0 Å². The number of anilines is 2. The maximum atomic E-state index is 12.8. The summed E-state index contributed by atoms with van der Waals surface area (Å²) in [4.78, 5) is 12.1. The largest absolute Gasteiger partial charge is 0.326 e. The first-order valence-corrected chi connectivity index (χ1v) is 12.6. The molecule has 0 aliphatic carbocycles. The van der Waals surface area contributed by atoms with E-state index in [9.17, 15) is 21.6 Å². The monoisotopic (exact) mass is 453 g/mol. The normalized spacial score (nSPS) is 11.9. The van der Waals surface area contributed by atoms with Crippen molar-refractivity contribution in [2.24, 2.45) is 0 Å². The number of nitrogens with zero attached hydrogens (tertiary/aromatic N) is 1. The fourth-order valence-corrected chi connectivity index (χ4v) is 4.97. The summed E-state index contributed by atoms with van der Waals surface area (Å²) in [7, 11) is -6.12. The SMILES string of the molecule is Cc1cccc(NC(=O)CCNS(=O)(=O)c2ccc(C)c(N(C)S(C)(=O)=O)c2C)c1. The second-order valence-corrected chi connectivity index (χ2v) is 10.9. The van der Waals surface area contributed by atoms with Crippen molar-refractivity contribution in [3.05, 3.63) is 53.1 Å². The van der Waals surface area contributed by atoms with Gasteiger partial charge < -0.3 is 5.32 Å². The van der Waals surface area contributed by atoms with E-state index in [0.29, 0.717) is 22.5 Å². The zero-order chi connectivity index (χ0) is 22.7. The lowest BCUT2D eigenvalue weighted by atomic mass is 10.1. The summed E-state index contributed by atoms with van der Waals surface area (Å²) in [6.07, 6.45) is 1.01. The zero-order valence-electron chi connectivity index (χ0n) is 17.7. The molecule has 1 amide bonds. The first-order valence-electron chi connectivity index (χ1n) is 9.23. The molecule has 2 rings (SSSR count). The molecule has 0 aliphatic heterocycles. The Bertz CT molecular complexity index is 1160. The molecule has 8 nitrogen and oxygen atoms in total. The smallest absolute Gasteiger partial charge is 0.240 e. The Balaban J connectivity index is 2.13. The minimum absolute atomic E-state index is 0.0299. The molecule has 164 valence electrons. The Kier molecular flexibility index (Phi) is 7.27. The third kappa shape index (κ3) is 5.80. The molecule has 0 radical (unpaired) electrons. The quantitative estimate of drug-likeness (QED) is 0.637. The predicted octanol–water partition coefficient (Wildman–Crippen LogP) is 2.31. The highest BCUT2D eigenvalue weighted by Crippen LogP contribution is 2.30. The lowest BCUT2D eigenvalue weighted by molar-refractivity contribution is -0.116. The Labute approximate surface area is 178 Å². The van der Waals surface area contributed by atoms with Gasteiger partial charge in [0.05, 0.1) is 16.8 Å². The second-order valence-electron chi connectivity index (χ2n) is 7.15. The molecule has 0 spiro atoms. The number of aryl methyl sites for hydroxylation is 2. The highest BCUT2D eigenvalue weighted by atomic mass is 32.2. The van der Waals surface area contributed by atoms with Crippen LogP contribution in [0.15, 0.2) is 41.3 Å². The van der Waals surface area contributed by atoms with Crippen LogP contribution >= 0.6 is 0 Å². The number of amides is 1. The van der Waals surface area contributed by atoms with Gasteiger partial charge in [0, 0.05) is 25.7 Å². The number of hydrogen-bond acceptors (Lipinski definition) is 5. The van der Waals surface area contributed by atoms with Gasteiger partial charge in [0.1, 0.15) is 0 Å². The van der Waals surface area contributed by atoms with Gasteiger partial charge in [-0.25, -0.2) is 21.6 Å². The highest BCUT2D eigenvalue weighted by molar-refractivity contribution is 7.92. The Hall–Kier alpha value is -2.43. The van der Waals surface area contributed by atoms with Crippen molar-refractivity contribution in [1.29, 1.82) is 0 Å². The molecule has 2 aromatic rings. The maximum absolute atomic E-state index is 12.8. The van der Waals surface area contributed by atoms with Crippen molar-refractivity contribution in [2.45, 2.75) is 32.1 Å². The van der Waals surface area contributed by atoms with E-state index in [4.69, 9.17) is 0 Å². The summed E-state index contributed by atoms with van der Waals surface area (Å²) in [5.74, 6) is -0.318. The lowest BCUT2D eigenvalue weighted by Crippen LogP contribution is -2.30. The van der Waals surface area contributed by atoms with Gasteiger partial charge in [-0.2, -0.15) is 0 Å². The van der Waals surface area contributed by atoms with E-state index < -0.39 is 20.0 Å². The summed E-state index contributed by atoms with van der Waals surface area (Å²) < 4.78 is 52.9. The molecular weight excluding hydrogens is 426 g/mol. The number of carbonyl (C=O) groups is 1. The van der Waals surface area contributed by atoms with Crippen LogP contribution in [0, 0.1) is 20.8 Å². The third-order valence-corrected chi connectivity index (χ3v) is 7.41. The summed E-state index contributed by atoms with van der Waals surface area (Å²) in [5.41, 5.74) is 2.91. The van der Waals surface area contributed by atoms with Crippen LogP contribution in [0.2, 0.25) is 0 Å². The molecule has 30 heavy (non-hydrogen) atoms. The Morgan fingerprint density at radius 1 is 1.03 bits per heavy atom. The molecular formula is C20H27N3O5S2. The van der Waals surface area contributed by atoms with Crippen molar-refractivity contribution < 1.29 is 21.6 Å². The average molecular weight is 454 g/mol. The number of hydrogen-bond donors (Lipinski definition) is 2. The topological polar surface area (TPSA) is 113 Å². The van der Waals surface area contributed by atoms with Crippen LogP contribution in [0.1, 0.15) is 23.1 Å². The molecule has 0 unspecified atom stereocenters. The Morgan fingerprint density at radius 3 is 2.30 bits per heavy atom. The molecule has 0 saturated heterocycles. The number of benzene rings is 2. The van der Waals surface area contributed by atoms with Crippen LogP contribution in [0.25, 0.3) is 0 Å². The molecule has 0 fully saturated rings.